The normalized spacial score (nSPS) is 15.1. The molecule has 1 aliphatic heterocycles. The number of rotatable bonds is 4. The van der Waals surface area contributed by atoms with Crippen LogP contribution in [-0.4, -0.2) is 42.3 Å². The minimum atomic E-state index is -1.00. The molecule has 4 nitrogen and oxygen atoms in total. The summed E-state index contributed by atoms with van der Waals surface area (Å²) in [7, 11) is 0. The van der Waals surface area contributed by atoms with E-state index in [0.29, 0.717) is 5.56 Å². The van der Waals surface area contributed by atoms with Crippen LogP contribution >= 0.6 is 0 Å². The standard InChI is InChI=1S/C22H20FNO3/c23-21(10-7-17-5-8-20(9-6-17)22(25)26)15-18-1-3-19(4-2-18)16-24-11-13-27-14-12-24/h1-6,8-9,15H,11-14,16H2,(H,25,26)/b21-15-. The van der Waals surface area contributed by atoms with Crippen LogP contribution < -0.4 is 0 Å². The number of carbonyl (C=O) groups is 1. The van der Waals surface area contributed by atoms with E-state index in [2.05, 4.69) is 16.7 Å². The van der Waals surface area contributed by atoms with Crippen molar-refractivity contribution in [3.63, 3.8) is 0 Å². The van der Waals surface area contributed by atoms with Gasteiger partial charge >= 0.3 is 5.97 Å². The molecule has 0 atom stereocenters. The second kappa shape index (κ2) is 9.13. The highest BCUT2D eigenvalue weighted by molar-refractivity contribution is 5.87. The third-order valence-electron chi connectivity index (χ3n) is 4.24. The van der Waals surface area contributed by atoms with Crippen LogP contribution in [0, 0.1) is 11.8 Å². The van der Waals surface area contributed by atoms with Gasteiger partial charge in [-0.15, -0.1) is 0 Å². The summed E-state index contributed by atoms with van der Waals surface area (Å²) in [6.07, 6.45) is 1.39. The van der Waals surface area contributed by atoms with E-state index < -0.39 is 11.8 Å². The van der Waals surface area contributed by atoms with Crippen LogP contribution in [0.4, 0.5) is 4.39 Å². The van der Waals surface area contributed by atoms with E-state index >= 15 is 0 Å². The molecular weight excluding hydrogens is 345 g/mol. The smallest absolute Gasteiger partial charge is 0.335 e. The van der Waals surface area contributed by atoms with Gasteiger partial charge in [-0.1, -0.05) is 30.2 Å². The topological polar surface area (TPSA) is 49.8 Å². The number of allylic oxidation sites excluding steroid dienone is 1. The van der Waals surface area contributed by atoms with E-state index in [9.17, 15) is 9.18 Å². The van der Waals surface area contributed by atoms with Crippen LogP contribution in [0.25, 0.3) is 6.08 Å². The molecule has 0 amide bonds. The van der Waals surface area contributed by atoms with Crippen molar-refractivity contribution in [2.24, 2.45) is 0 Å². The number of ether oxygens (including phenoxy) is 1. The molecule has 0 unspecified atom stereocenters. The van der Waals surface area contributed by atoms with Crippen LogP contribution in [0.15, 0.2) is 54.4 Å². The van der Waals surface area contributed by atoms with E-state index in [0.717, 1.165) is 38.4 Å². The molecule has 0 aliphatic carbocycles. The quantitative estimate of drug-likeness (QED) is 0.842. The number of halogens is 1. The van der Waals surface area contributed by atoms with Crippen LogP contribution in [0.3, 0.4) is 0 Å². The van der Waals surface area contributed by atoms with E-state index in [-0.39, 0.29) is 5.56 Å². The molecule has 1 aliphatic rings. The Morgan fingerprint density at radius 2 is 1.78 bits per heavy atom. The lowest BCUT2D eigenvalue weighted by molar-refractivity contribution is 0.0342. The van der Waals surface area contributed by atoms with Gasteiger partial charge in [0.2, 0.25) is 0 Å². The lowest BCUT2D eigenvalue weighted by Gasteiger charge is -2.26. The Kier molecular flexibility index (Phi) is 6.37. The third-order valence-corrected chi connectivity index (χ3v) is 4.24. The highest BCUT2D eigenvalue weighted by atomic mass is 19.1. The monoisotopic (exact) mass is 365 g/mol. The van der Waals surface area contributed by atoms with Crippen molar-refractivity contribution >= 4 is 12.0 Å². The fraction of sp³-hybridized carbons (Fsp3) is 0.227. The van der Waals surface area contributed by atoms with Crippen molar-refractivity contribution in [2.45, 2.75) is 6.54 Å². The molecule has 0 radical (unpaired) electrons. The molecule has 1 fully saturated rings. The van der Waals surface area contributed by atoms with Crippen LogP contribution in [-0.2, 0) is 11.3 Å². The van der Waals surface area contributed by atoms with E-state index in [1.54, 1.807) is 12.1 Å². The van der Waals surface area contributed by atoms with Gasteiger partial charge in [-0.3, -0.25) is 4.90 Å². The van der Waals surface area contributed by atoms with Gasteiger partial charge in [0.1, 0.15) is 0 Å². The van der Waals surface area contributed by atoms with E-state index in [1.807, 2.05) is 24.3 Å². The maximum atomic E-state index is 14.0. The molecule has 0 spiro atoms. The molecule has 0 bridgehead atoms. The second-order valence-corrected chi connectivity index (χ2v) is 6.25. The van der Waals surface area contributed by atoms with Crippen molar-refractivity contribution < 1.29 is 19.0 Å². The van der Waals surface area contributed by atoms with Gasteiger partial charge in [-0.2, -0.15) is 4.39 Å². The minimum absolute atomic E-state index is 0.175. The Morgan fingerprint density at radius 3 is 2.41 bits per heavy atom. The Bertz CT molecular complexity index is 871. The number of hydrogen-bond acceptors (Lipinski definition) is 3. The average molecular weight is 365 g/mol. The number of aromatic carboxylic acids is 1. The molecule has 1 N–H and O–H groups in total. The summed E-state index contributed by atoms with van der Waals surface area (Å²) in [5.74, 6) is 3.60. The number of carboxylic acid groups (broad SMARTS) is 1. The predicted molar refractivity (Wildman–Crippen MR) is 102 cm³/mol. The molecule has 2 aromatic carbocycles. The fourth-order valence-corrected chi connectivity index (χ4v) is 2.75. The molecule has 0 saturated carbocycles. The van der Waals surface area contributed by atoms with Crippen LogP contribution in [0.2, 0.25) is 0 Å². The summed E-state index contributed by atoms with van der Waals surface area (Å²) >= 11 is 0. The molecule has 2 aromatic rings. The fourth-order valence-electron chi connectivity index (χ4n) is 2.75. The SMILES string of the molecule is O=C(O)c1ccc(C#C/C(F)=C/c2ccc(CN3CCOCC3)cc2)cc1. The number of benzene rings is 2. The first-order valence-corrected chi connectivity index (χ1v) is 8.72. The Morgan fingerprint density at radius 1 is 1.11 bits per heavy atom. The van der Waals surface area contributed by atoms with Crippen molar-refractivity contribution in [3.05, 3.63) is 76.6 Å². The number of carboxylic acids is 1. The first kappa shape index (κ1) is 18.8. The number of hydrogen-bond donors (Lipinski definition) is 1. The first-order valence-electron chi connectivity index (χ1n) is 8.72. The van der Waals surface area contributed by atoms with E-state index in [4.69, 9.17) is 9.84 Å². The second-order valence-electron chi connectivity index (χ2n) is 6.25. The Hall–Kier alpha value is -2.94. The summed E-state index contributed by atoms with van der Waals surface area (Å²) in [5.41, 5.74) is 2.66. The predicted octanol–water partition coefficient (Wildman–Crippen LogP) is 3.58. The maximum Gasteiger partial charge on any atom is 0.335 e. The van der Waals surface area contributed by atoms with Gasteiger partial charge in [-0.05, 0) is 47.4 Å². The molecule has 27 heavy (non-hydrogen) atoms. The van der Waals surface area contributed by atoms with Gasteiger partial charge in [-0.25, -0.2) is 4.79 Å². The molecule has 1 heterocycles. The average Bonchev–Trinajstić information content (AvgIpc) is 2.69. The maximum absolute atomic E-state index is 14.0. The summed E-state index contributed by atoms with van der Waals surface area (Å²) in [5, 5.41) is 8.86. The minimum Gasteiger partial charge on any atom is -0.478 e. The zero-order chi connectivity index (χ0) is 19.1. The molecular formula is C22H20FNO3. The summed E-state index contributed by atoms with van der Waals surface area (Å²) in [4.78, 5) is 13.1. The Balaban J connectivity index is 1.61. The summed E-state index contributed by atoms with van der Waals surface area (Å²) < 4.78 is 19.4. The van der Waals surface area contributed by atoms with Gasteiger partial charge in [0.25, 0.3) is 0 Å². The van der Waals surface area contributed by atoms with Gasteiger partial charge in [0.05, 0.1) is 18.8 Å². The van der Waals surface area contributed by atoms with Gasteiger partial charge < -0.3 is 9.84 Å². The van der Waals surface area contributed by atoms with Crippen molar-refractivity contribution in [1.29, 1.82) is 0 Å². The number of nitrogens with zero attached hydrogens (tertiary/aromatic N) is 1. The molecule has 138 valence electrons. The lowest BCUT2D eigenvalue weighted by Crippen LogP contribution is -2.35. The van der Waals surface area contributed by atoms with Crippen molar-refractivity contribution in [3.8, 4) is 11.8 Å². The van der Waals surface area contributed by atoms with Gasteiger partial charge in [0, 0.05) is 25.2 Å². The molecule has 5 heteroatoms. The van der Waals surface area contributed by atoms with Crippen molar-refractivity contribution in [2.75, 3.05) is 26.3 Å². The molecule has 3 rings (SSSR count). The number of morpholine rings is 1. The van der Waals surface area contributed by atoms with Crippen LogP contribution in [0.5, 0.6) is 0 Å². The Labute approximate surface area is 157 Å². The van der Waals surface area contributed by atoms with Crippen LogP contribution in [0.1, 0.15) is 27.0 Å². The zero-order valence-electron chi connectivity index (χ0n) is 14.8. The first-order chi connectivity index (χ1) is 13.1. The zero-order valence-corrected chi connectivity index (χ0v) is 14.8. The van der Waals surface area contributed by atoms with E-state index in [1.165, 1.54) is 23.8 Å². The highest BCUT2D eigenvalue weighted by Crippen LogP contribution is 2.12. The highest BCUT2D eigenvalue weighted by Gasteiger charge is 2.10. The third kappa shape index (κ3) is 5.78. The lowest BCUT2D eigenvalue weighted by atomic mass is 10.1. The summed E-state index contributed by atoms with van der Waals surface area (Å²) in [6, 6.07) is 13.7. The summed E-state index contributed by atoms with van der Waals surface area (Å²) in [6.45, 7) is 4.26. The molecule has 0 aromatic heterocycles. The molecule has 1 saturated heterocycles. The largest absolute Gasteiger partial charge is 0.478 e. The van der Waals surface area contributed by atoms with Gasteiger partial charge in [0.15, 0.2) is 5.83 Å². The van der Waals surface area contributed by atoms with Crippen molar-refractivity contribution in [1.82, 2.24) is 4.90 Å².